The molecular formula is C15H17N3O2. The van der Waals surface area contributed by atoms with Crippen LogP contribution in [0, 0.1) is 0 Å². The highest BCUT2D eigenvalue weighted by atomic mass is 16.5. The quantitative estimate of drug-likeness (QED) is 0.920. The molecule has 0 radical (unpaired) electrons. The molecule has 2 aromatic rings. The van der Waals surface area contributed by atoms with Gasteiger partial charge in [-0.1, -0.05) is 6.07 Å². The molecule has 0 spiro atoms. The minimum Gasteiger partial charge on any atom is -0.484 e. The highest BCUT2D eigenvalue weighted by Crippen LogP contribution is 2.21. The van der Waals surface area contributed by atoms with Gasteiger partial charge in [0, 0.05) is 19.7 Å². The summed E-state index contributed by atoms with van der Waals surface area (Å²) >= 11 is 0. The van der Waals surface area contributed by atoms with E-state index < -0.39 is 0 Å². The second-order valence-corrected chi connectivity index (χ2v) is 4.55. The molecule has 0 saturated heterocycles. The summed E-state index contributed by atoms with van der Waals surface area (Å²) < 4.78 is 5.41. The Bertz CT molecular complexity index is 594. The number of rotatable bonds is 4. The van der Waals surface area contributed by atoms with Gasteiger partial charge in [0.15, 0.2) is 6.61 Å². The number of ether oxygens (including phenoxy) is 1. The summed E-state index contributed by atoms with van der Waals surface area (Å²) in [5.74, 6) is 1.05. The van der Waals surface area contributed by atoms with Crippen molar-refractivity contribution < 1.29 is 9.53 Å². The van der Waals surface area contributed by atoms with Crippen molar-refractivity contribution in [2.75, 3.05) is 26.4 Å². The predicted molar refractivity (Wildman–Crippen MR) is 78.3 cm³/mol. The Morgan fingerprint density at radius 1 is 1.20 bits per heavy atom. The van der Waals surface area contributed by atoms with Gasteiger partial charge in [0.2, 0.25) is 0 Å². The average Bonchev–Trinajstić information content (AvgIpc) is 2.45. The summed E-state index contributed by atoms with van der Waals surface area (Å²) in [7, 11) is 3.39. The van der Waals surface area contributed by atoms with Gasteiger partial charge in [-0.2, -0.15) is 0 Å². The number of carbonyl (C=O) groups excluding carboxylic acids is 1. The van der Waals surface area contributed by atoms with Gasteiger partial charge >= 0.3 is 0 Å². The molecule has 1 aromatic carbocycles. The number of nitrogens with two attached hydrogens (primary N) is 1. The van der Waals surface area contributed by atoms with E-state index in [4.69, 9.17) is 10.5 Å². The van der Waals surface area contributed by atoms with Crippen LogP contribution < -0.4 is 10.5 Å². The number of amides is 1. The van der Waals surface area contributed by atoms with Crippen LogP contribution in [0.25, 0.3) is 11.3 Å². The van der Waals surface area contributed by atoms with Crippen molar-refractivity contribution in [2.45, 2.75) is 0 Å². The molecule has 5 heteroatoms. The number of likely N-dealkylation sites (N-methyl/N-ethyl adjacent to an activating group) is 1. The second kappa shape index (κ2) is 6.06. The van der Waals surface area contributed by atoms with E-state index in [2.05, 4.69) is 4.98 Å². The van der Waals surface area contributed by atoms with E-state index >= 15 is 0 Å². The number of carbonyl (C=O) groups is 1. The van der Waals surface area contributed by atoms with Gasteiger partial charge in [-0.05, 0) is 36.4 Å². The third kappa shape index (κ3) is 3.47. The zero-order valence-corrected chi connectivity index (χ0v) is 11.5. The number of hydrogen-bond donors (Lipinski definition) is 1. The van der Waals surface area contributed by atoms with E-state index in [-0.39, 0.29) is 12.5 Å². The minimum atomic E-state index is -0.0772. The first-order valence-corrected chi connectivity index (χ1v) is 6.22. The molecule has 1 heterocycles. The molecule has 0 aliphatic carbocycles. The maximum Gasteiger partial charge on any atom is 0.259 e. The van der Waals surface area contributed by atoms with Crippen LogP contribution in [0.15, 0.2) is 42.5 Å². The number of aromatic nitrogens is 1. The van der Waals surface area contributed by atoms with E-state index in [0.29, 0.717) is 11.6 Å². The first-order valence-electron chi connectivity index (χ1n) is 6.22. The lowest BCUT2D eigenvalue weighted by molar-refractivity contribution is -0.130. The Labute approximate surface area is 118 Å². The van der Waals surface area contributed by atoms with Crippen molar-refractivity contribution in [1.82, 2.24) is 9.88 Å². The standard InChI is InChI=1S/C15H17N3O2/c1-18(2)15(19)10-20-12-8-6-11(7-9-12)13-4-3-5-14(16)17-13/h3-9H,10H2,1-2H3,(H2,16,17). The number of benzene rings is 1. The van der Waals surface area contributed by atoms with Crippen LogP contribution >= 0.6 is 0 Å². The van der Waals surface area contributed by atoms with Crippen LogP contribution in [-0.2, 0) is 4.79 Å². The Morgan fingerprint density at radius 2 is 1.90 bits per heavy atom. The molecule has 0 saturated carbocycles. The molecule has 0 bridgehead atoms. The fourth-order valence-corrected chi connectivity index (χ4v) is 1.61. The van der Waals surface area contributed by atoms with Crippen molar-refractivity contribution in [1.29, 1.82) is 0 Å². The smallest absolute Gasteiger partial charge is 0.259 e. The van der Waals surface area contributed by atoms with Gasteiger partial charge in [-0.15, -0.1) is 0 Å². The van der Waals surface area contributed by atoms with Gasteiger partial charge in [0.05, 0.1) is 5.69 Å². The Hall–Kier alpha value is -2.56. The van der Waals surface area contributed by atoms with Gasteiger partial charge in [-0.3, -0.25) is 4.79 Å². The van der Waals surface area contributed by atoms with Crippen molar-refractivity contribution in [3.8, 4) is 17.0 Å². The largest absolute Gasteiger partial charge is 0.484 e. The molecule has 104 valence electrons. The molecule has 0 fully saturated rings. The highest BCUT2D eigenvalue weighted by Gasteiger charge is 2.05. The van der Waals surface area contributed by atoms with Crippen LogP contribution in [0.2, 0.25) is 0 Å². The summed E-state index contributed by atoms with van der Waals surface area (Å²) in [4.78, 5) is 17.2. The zero-order chi connectivity index (χ0) is 14.5. The summed E-state index contributed by atoms with van der Waals surface area (Å²) in [5.41, 5.74) is 7.41. The maximum atomic E-state index is 11.4. The van der Waals surface area contributed by atoms with E-state index in [1.807, 2.05) is 36.4 Å². The third-order valence-corrected chi connectivity index (χ3v) is 2.78. The monoisotopic (exact) mass is 271 g/mol. The highest BCUT2D eigenvalue weighted by molar-refractivity contribution is 5.77. The molecule has 2 rings (SSSR count). The van der Waals surface area contributed by atoms with Crippen molar-refractivity contribution in [3.05, 3.63) is 42.5 Å². The van der Waals surface area contributed by atoms with Crippen LogP contribution in [0.1, 0.15) is 0 Å². The molecular weight excluding hydrogens is 254 g/mol. The van der Waals surface area contributed by atoms with Crippen molar-refractivity contribution in [2.24, 2.45) is 0 Å². The summed E-state index contributed by atoms with van der Waals surface area (Å²) in [6, 6.07) is 12.9. The van der Waals surface area contributed by atoms with Crippen LogP contribution in [-0.4, -0.2) is 36.5 Å². The van der Waals surface area contributed by atoms with Crippen LogP contribution in [0.3, 0.4) is 0 Å². The first-order chi connectivity index (χ1) is 9.56. The predicted octanol–water partition coefficient (Wildman–Crippen LogP) is 1.80. The van der Waals surface area contributed by atoms with E-state index in [1.165, 1.54) is 4.90 Å². The van der Waals surface area contributed by atoms with Crippen LogP contribution in [0.4, 0.5) is 5.82 Å². The summed E-state index contributed by atoms with van der Waals surface area (Å²) in [6.45, 7) is 0.0306. The lowest BCUT2D eigenvalue weighted by Gasteiger charge is -2.11. The van der Waals surface area contributed by atoms with Gasteiger partial charge in [0.1, 0.15) is 11.6 Å². The topological polar surface area (TPSA) is 68.5 Å². The van der Waals surface area contributed by atoms with Crippen molar-refractivity contribution in [3.63, 3.8) is 0 Å². The Balaban J connectivity index is 2.05. The molecule has 20 heavy (non-hydrogen) atoms. The molecule has 0 aliphatic rings. The summed E-state index contributed by atoms with van der Waals surface area (Å²) in [6.07, 6.45) is 0. The second-order valence-electron chi connectivity index (χ2n) is 4.55. The van der Waals surface area contributed by atoms with E-state index in [0.717, 1.165) is 11.3 Å². The number of pyridine rings is 1. The molecule has 1 amide bonds. The molecule has 2 N–H and O–H groups in total. The number of anilines is 1. The van der Waals surface area contributed by atoms with E-state index in [9.17, 15) is 4.79 Å². The molecule has 0 unspecified atom stereocenters. The molecule has 0 atom stereocenters. The van der Waals surface area contributed by atoms with Crippen LogP contribution in [0.5, 0.6) is 5.75 Å². The fraction of sp³-hybridized carbons (Fsp3) is 0.200. The number of nitrogen functional groups attached to an aromatic ring is 1. The summed E-state index contributed by atoms with van der Waals surface area (Å²) in [5, 5.41) is 0. The SMILES string of the molecule is CN(C)C(=O)COc1ccc(-c2cccc(N)n2)cc1. The lowest BCUT2D eigenvalue weighted by Crippen LogP contribution is -2.27. The average molecular weight is 271 g/mol. The molecule has 1 aromatic heterocycles. The third-order valence-electron chi connectivity index (χ3n) is 2.78. The lowest BCUT2D eigenvalue weighted by atomic mass is 10.1. The maximum absolute atomic E-state index is 11.4. The number of hydrogen-bond acceptors (Lipinski definition) is 4. The molecule has 5 nitrogen and oxygen atoms in total. The number of nitrogens with zero attached hydrogens (tertiary/aromatic N) is 2. The first kappa shape index (κ1) is 13.9. The Kier molecular flexibility index (Phi) is 4.20. The fourth-order valence-electron chi connectivity index (χ4n) is 1.61. The normalized spacial score (nSPS) is 10.1. The van der Waals surface area contributed by atoms with Gasteiger partial charge < -0.3 is 15.4 Å². The van der Waals surface area contributed by atoms with E-state index in [1.54, 1.807) is 20.2 Å². The zero-order valence-electron chi connectivity index (χ0n) is 11.5. The molecule has 0 aliphatic heterocycles. The van der Waals surface area contributed by atoms with Crippen molar-refractivity contribution >= 4 is 11.7 Å². The van der Waals surface area contributed by atoms with Gasteiger partial charge in [-0.25, -0.2) is 4.98 Å². The van der Waals surface area contributed by atoms with Gasteiger partial charge in [0.25, 0.3) is 5.91 Å². The minimum absolute atomic E-state index is 0.0306. The Morgan fingerprint density at radius 3 is 2.50 bits per heavy atom.